The highest BCUT2D eigenvalue weighted by Gasteiger charge is 2.23. The maximum absolute atomic E-state index is 13.0. The highest BCUT2D eigenvalue weighted by atomic mass is 16.5. The third kappa shape index (κ3) is 4.56. The van der Waals surface area contributed by atoms with Crippen LogP contribution in [0, 0.1) is 0 Å². The summed E-state index contributed by atoms with van der Waals surface area (Å²) < 4.78 is 7.38. The second-order valence-corrected chi connectivity index (χ2v) is 7.14. The standard InChI is InChI=1S/C22H26N4O3/c1-5-15(4)23-21(27)19-17-11-8-9-13-26(17)20(25-19)22(28)24-16-10-6-7-12-18(16)29-14(2)3/h6-15H,5H2,1-4H3,(H,23,27)(H,24,28). The minimum Gasteiger partial charge on any atom is -0.489 e. The first kappa shape index (κ1) is 20.4. The molecule has 0 saturated heterocycles. The molecule has 0 spiro atoms. The van der Waals surface area contributed by atoms with Gasteiger partial charge < -0.3 is 15.4 Å². The van der Waals surface area contributed by atoms with Gasteiger partial charge >= 0.3 is 0 Å². The number of nitrogens with one attached hydrogen (secondary N) is 2. The van der Waals surface area contributed by atoms with E-state index in [0.29, 0.717) is 17.0 Å². The van der Waals surface area contributed by atoms with E-state index in [1.807, 2.05) is 45.9 Å². The molecule has 0 saturated carbocycles. The predicted octanol–water partition coefficient (Wildman–Crippen LogP) is 3.90. The molecule has 0 aliphatic rings. The molecule has 3 rings (SSSR count). The van der Waals surface area contributed by atoms with Crippen molar-refractivity contribution in [2.45, 2.75) is 46.3 Å². The summed E-state index contributed by atoms with van der Waals surface area (Å²) in [6, 6.07) is 12.6. The Hall–Kier alpha value is -3.35. The van der Waals surface area contributed by atoms with Crippen molar-refractivity contribution >= 4 is 23.0 Å². The first-order valence-corrected chi connectivity index (χ1v) is 9.75. The number of benzene rings is 1. The van der Waals surface area contributed by atoms with Gasteiger partial charge in [0.2, 0.25) is 5.82 Å². The van der Waals surface area contributed by atoms with Gasteiger partial charge in [0.05, 0.1) is 17.3 Å². The highest BCUT2D eigenvalue weighted by Crippen LogP contribution is 2.25. The number of ether oxygens (including phenoxy) is 1. The number of nitrogens with zero attached hydrogens (tertiary/aromatic N) is 2. The lowest BCUT2D eigenvalue weighted by atomic mass is 10.2. The summed E-state index contributed by atoms with van der Waals surface area (Å²) in [4.78, 5) is 30.0. The second kappa shape index (κ2) is 8.77. The molecule has 7 heteroatoms. The number of rotatable bonds is 7. The van der Waals surface area contributed by atoms with Gasteiger partial charge in [-0.25, -0.2) is 4.98 Å². The van der Waals surface area contributed by atoms with Gasteiger partial charge in [-0.2, -0.15) is 0 Å². The minimum absolute atomic E-state index is 0.0142. The van der Waals surface area contributed by atoms with E-state index in [1.165, 1.54) is 0 Å². The van der Waals surface area contributed by atoms with Gasteiger partial charge in [-0.3, -0.25) is 14.0 Å². The van der Waals surface area contributed by atoms with Gasteiger partial charge in [0.25, 0.3) is 11.8 Å². The molecule has 0 aliphatic carbocycles. The minimum atomic E-state index is -0.423. The lowest BCUT2D eigenvalue weighted by Gasteiger charge is -2.14. The number of aromatic nitrogens is 2. The van der Waals surface area contributed by atoms with Crippen molar-refractivity contribution in [3.8, 4) is 5.75 Å². The molecular weight excluding hydrogens is 368 g/mol. The van der Waals surface area contributed by atoms with Crippen molar-refractivity contribution in [2.75, 3.05) is 5.32 Å². The molecule has 29 heavy (non-hydrogen) atoms. The predicted molar refractivity (Wildman–Crippen MR) is 113 cm³/mol. The van der Waals surface area contributed by atoms with E-state index in [9.17, 15) is 9.59 Å². The van der Waals surface area contributed by atoms with Gasteiger partial charge in [-0.05, 0) is 51.5 Å². The van der Waals surface area contributed by atoms with Crippen LogP contribution in [-0.4, -0.2) is 33.3 Å². The Morgan fingerprint density at radius 1 is 1.07 bits per heavy atom. The molecular formula is C22H26N4O3. The molecule has 0 aliphatic heterocycles. The van der Waals surface area contributed by atoms with Crippen LogP contribution in [-0.2, 0) is 0 Å². The molecule has 2 aromatic heterocycles. The smallest absolute Gasteiger partial charge is 0.292 e. The number of carbonyl (C=O) groups is 2. The Balaban J connectivity index is 1.94. The fraction of sp³-hybridized carbons (Fsp3) is 0.318. The fourth-order valence-electron chi connectivity index (χ4n) is 2.86. The number of amides is 2. The van der Waals surface area contributed by atoms with Crippen LogP contribution in [0.25, 0.3) is 5.52 Å². The van der Waals surface area contributed by atoms with Crippen LogP contribution < -0.4 is 15.4 Å². The van der Waals surface area contributed by atoms with E-state index in [0.717, 1.165) is 6.42 Å². The Bertz CT molecular complexity index is 1030. The number of hydrogen-bond donors (Lipinski definition) is 2. The van der Waals surface area contributed by atoms with Crippen molar-refractivity contribution in [2.24, 2.45) is 0 Å². The van der Waals surface area contributed by atoms with Gasteiger partial charge in [-0.15, -0.1) is 0 Å². The molecule has 1 unspecified atom stereocenters. The average molecular weight is 394 g/mol. The van der Waals surface area contributed by atoms with E-state index >= 15 is 0 Å². The van der Waals surface area contributed by atoms with Gasteiger partial charge in [-0.1, -0.05) is 25.1 Å². The Morgan fingerprint density at radius 3 is 2.52 bits per heavy atom. The van der Waals surface area contributed by atoms with E-state index in [4.69, 9.17) is 4.74 Å². The Kier molecular flexibility index (Phi) is 6.16. The lowest BCUT2D eigenvalue weighted by Crippen LogP contribution is -2.32. The molecule has 152 valence electrons. The largest absolute Gasteiger partial charge is 0.489 e. The van der Waals surface area contributed by atoms with Gasteiger partial charge in [0.15, 0.2) is 5.69 Å². The first-order valence-electron chi connectivity index (χ1n) is 9.75. The van der Waals surface area contributed by atoms with Crippen LogP contribution in [0.3, 0.4) is 0 Å². The molecule has 0 fully saturated rings. The molecule has 7 nitrogen and oxygen atoms in total. The average Bonchev–Trinajstić information content (AvgIpc) is 3.09. The summed E-state index contributed by atoms with van der Waals surface area (Å²) in [5.41, 5.74) is 1.34. The molecule has 2 N–H and O–H groups in total. The molecule has 1 aromatic carbocycles. The number of para-hydroxylation sites is 2. The second-order valence-electron chi connectivity index (χ2n) is 7.14. The fourth-order valence-corrected chi connectivity index (χ4v) is 2.86. The van der Waals surface area contributed by atoms with Crippen LogP contribution in [0.4, 0.5) is 5.69 Å². The van der Waals surface area contributed by atoms with Crippen molar-refractivity contribution in [1.29, 1.82) is 0 Å². The first-order chi connectivity index (χ1) is 13.9. The Labute approximate surface area is 170 Å². The molecule has 2 amide bonds. The van der Waals surface area contributed by atoms with Crippen LogP contribution >= 0.6 is 0 Å². The van der Waals surface area contributed by atoms with Crippen molar-refractivity contribution in [3.05, 3.63) is 60.2 Å². The molecule has 0 radical (unpaired) electrons. The number of carbonyl (C=O) groups excluding carboxylic acids is 2. The van der Waals surface area contributed by atoms with E-state index < -0.39 is 5.91 Å². The zero-order chi connectivity index (χ0) is 21.0. The van der Waals surface area contributed by atoms with Crippen LogP contribution in [0.15, 0.2) is 48.7 Å². The van der Waals surface area contributed by atoms with Crippen LogP contribution in [0.1, 0.15) is 55.2 Å². The normalized spacial score (nSPS) is 12.0. The van der Waals surface area contributed by atoms with Gasteiger partial charge in [0, 0.05) is 12.2 Å². The number of fused-ring (bicyclic) bond motifs is 1. The number of imidazole rings is 1. The maximum Gasteiger partial charge on any atom is 0.292 e. The molecule has 2 heterocycles. The van der Waals surface area contributed by atoms with E-state index in [-0.39, 0.29) is 29.6 Å². The Morgan fingerprint density at radius 2 is 1.79 bits per heavy atom. The summed E-state index contributed by atoms with van der Waals surface area (Å²) in [6.07, 6.45) is 2.49. The van der Waals surface area contributed by atoms with Crippen molar-refractivity contribution in [1.82, 2.24) is 14.7 Å². The summed E-state index contributed by atoms with van der Waals surface area (Å²) in [5, 5.41) is 5.75. The third-order valence-electron chi connectivity index (χ3n) is 4.45. The quantitative estimate of drug-likeness (QED) is 0.636. The summed E-state index contributed by atoms with van der Waals surface area (Å²) >= 11 is 0. The monoisotopic (exact) mass is 394 g/mol. The SMILES string of the molecule is CCC(C)NC(=O)c1nc(C(=O)Nc2ccccc2OC(C)C)n2ccccc12. The van der Waals surface area contributed by atoms with E-state index in [2.05, 4.69) is 15.6 Å². The highest BCUT2D eigenvalue weighted by molar-refractivity contribution is 6.06. The molecule has 0 bridgehead atoms. The molecule has 3 aromatic rings. The summed E-state index contributed by atoms with van der Waals surface area (Å²) in [7, 11) is 0. The van der Waals surface area contributed by atoms with E-state index in [1.54, 1.807) is 34.9 Å². The van der Waals surface area contributed by atoms with Gasteiger partial charge in [0.1, 0.15) is 5.75 Å². The molecule has 1 atom stereocenters. The topological polar surface area (TPSA) is 84.7 Å². The summed E-state index contributed by atoms with van der Waals surface area (Å²) in [5.74, 6) is -0.0139. The van der Waals surface area contributed by atoms with Crippen molar-refractivity contribution in [3.63, 3.8) is 0 Å². The lowest BCUT2D eigenvalue weighted by molar-refractivity contribution is 0.0936. The number of hydrogen-bond acceptors (Lipinski definition) is 4. The zero-order valence-corrected chi connectivity index (χ0v) is 17.1. The van der Waals surface area contributed by atoms with Crippen molar-refractivity contribution < 1.29 is 14.3 Å². The summed E-state index contributed by atoms with van der Waals surface area (Å²) in [6.45, 7) is 7.76. The number of pyridine rings is 1. The number of anilines is 1. The zero-order valence-electron chi connectivity index (χ0n) is 17.1. The third-order valence-corrected chi connectivity index (χ3v) is 4.45. The van der Waals surface area contributed by atoms with Crippen LogP contribution in [0.5, 0.6) is 5.75 Å². The maximum atomic E-state index is 13.0. The van der Waals surface area contributed by atoms with Crippen LogP contribution in [0.2, 0.25) is 0 Å².